The van der Waals surface area contributed by atoms with Crippen molar-refractivity contribution >= 4 is 37.6 Å². The molecule has 3 saturated carbocycles. The van der Waals surface area contributed by atoms with E-state index in [0.717, 1.165) is 38.3 Å². The number of carbonyl (C=O) groups is 2. The molecular formula is C25H41N3O6S2. The van der Waals surface area contributed by atoms with E-state index in [1.807, 2.05) is 0 Å². The van der Waals surface area contributed by atoms with Gasteiger partial charge in [0.05, 0.1) is 10.5 Å². The van der Waals surface area contributed by atoms with Gasteiger partial charge in [-0.3, -0.25) is 9.59 Å². The number of hydrogen-bond acceptors (Lipinski definition) is 6. The van der Waals surface area contributed by atoms with Gasteiger partial charge in [-0.15, -0.1) is 0 Å². The van der Waals surface area contributed by atoms with Gasteiger partial charge in [-0.05, 0) is 52.4 Å². The number of hydrogen-bond donors (Lipinski definition) is 1. The maximum absolute atomic E-state index is 14.5. The summed E-state index contributed by atoms with van der Waals surface area (Å²) in [5.74, 6) is -2.49. The van der Waals surface area contributed by atoms with E-state index in [1.54, 1.807) is 0 Å². The highest BCUT2D eigenvalue weighted by Gasteiger charge is 2.72. The van der Waals surface area contributed by atoms with Gasteiger partial charge in [-0.2, -0.15) is 4.79 Å². The maximum Gasteiger partial charge on any atom is 0.308 e. The molecule has 0 unspecified atom stereocenters. The standard InChI is InChI=1S/C25H41N3O6S2/c1-24(2,18-27-26)22(29)25(23(30)28-19-12-6-3-7-13-19,35(31,32)20-14-8-4-9-15-20)36(33,34)21-16-10-5-11-17-21/h18-21H,3-17H2,1-2H3,(H,28,30). The number of carbonyl (C=O) groups excluding carboxylic acids is 2. The average Bonchev–Trinajstić information content (AvgIpc) is 2.85. The zero-order chi connectivity index (χ0) is 26.6. The Labute approximate surface area is 215 Å². The van der Waals surface area contributed by atoms with Gasteiger partial charge in [0, 0.05) is 6.04 Å². The molecule has 9 nitrogen and oxygen atoms in total. The van der Waals surface area contributed by atoms with Crippen LogP contribution in [-0.2, 0) is 29.3 Å². The Kier molecular flexibility index (Phi) is 9.21. The second kappa shape index (κ2) is 11.4. The van der Waals surface area contributed by atoms with Gasteiger partial charge in [-0.25, -0.2) is 16.8 Å². The minimum absolute atomic E-state index is 0.211. The molecule has 3 rings (SSSR count). The van der Waals surface area contributed by atoms with E-state index in [4.69, 9.17) is 0 Å². The van der Waals surface area contributed by atoms with E-state index in [2.05, 4.69) is 10.1 Å². The molecule has 0 heterocycles. The average molecular weight is 544 g/mol. The second-order valence-corrected chi connectivity index (χ2v) is 16.3. The van der Waals surface area contributed by atoms with Crippen LogP contribution in [-0.4, -0.2) is 60.2 Å². The Bertz CT molecular complexity index is 1030. The number of ketones is 1. The summed E-state index contributed by atoms with van der Waals surface area (Å²) in [6.07, 6.45) is 9.50. The number of nitrogens with zero attached hydrogens (tertiary/aromatic N) is 2. The fourth-order valence-electron chi connectivity index (χ4n) is 6.16. The minimum atomic E-state index is -4.84. The smallest absolute Gasteiger partial charge is 0.308 e. The molecule has 1 amide bonds. The highest BCUT2D eigenvalue weighted by Crippen LogP contribution is 2.44. The molecule has 0 bridgehead atoms. The van der Waals surface area contributed by atoms with E-state index in [0.29, 0.717) is 38.5 Å². The van der Waals surface area contributed by atoms with Crippen molar-refractivity contribution in [3.8, 4) is 0 Å². The zero-order valence-corrected chi connectivity index (χ0v) is 23.2. The van der Waals surface area contributed by atoms with Gasteiger partial charge in [0.1, 0.15) is 5.41 Å². The molecule has 11 heteroatoms. The summed E-state index contributed by atoms with van der Waals surface area (Å²) in [5, 5.41) is 0.512. The first-order valence-corrected chi connectivity index (χ1v) is 16.5. The van der Waals surface area contributed by atoms with Crippen molar-refractivity contribution < 1.29 is 31.2 Å². The van der Waals surface area contributed by atoms with Crippen LogP contribution in [0.4, 0.5) is 0 Å². The lowest BCUT2D eigenvalue weighted by Gasteiger charge is -2.40. The van der Waals surface area contributed by atoms with E-state index < -0.39 is 57.4 Å². The van der Waals surface area contributed by atoms with Crippen LogP contribution in [0.5, 0.6) is 0 Å². The summed E-state index contributed by atoms with van der Waals surface area (Å²) in [7, 11) is -9.67. The molecule has 0 aromatic carbocycles. The van der Waals surface area contributed by atoms with Crippen molar-refractivity contribution in [2.75, 3.05) is 0 Å². The summed E-state index contributed by atoms with van der Waals surface area (Å²) < 4.78 is 54.7. The van der Waals surface area contributed by atoms with Crippen molar-refractivity contribution in [3.63, 3.8) is 0 Å². The summed E-state index contributed by atoms with van der Waals surface area (Å²) in [5.41, 5.74) is 7.42. The quantitative estimate of drug-likeness (QED) is 0.203. The Morgan fingerprint density at radius 2 is 1.14 bits per heavy atom. The predicted octanol–water partition coefficient (Wildman–Crippen LogP) is 3.52. The van der Waals surface area contributed by atoms with Gasteiger partial charge in [0.25, 0.3) is 12.1 Å². The maximum atomic E-state index is 14.5. The first kappa shape index (κ1) is 29.0. The van der Waals surface area contributed by atoms with Gasteiger partial charge in [-0.1, -0.05) is 57.8 Å². The zero-order valence-electron chi connectivity index (χ0n) is 21.6. The van der Waals surface area contributed by atoms with E-state index in [9.17, 15) is 32.0 Å². The van der Waals surface area contributed by atoms with Gasteiger partial charge in [0.2, 0.25) is 0 Å². The normalized spacial score (nSPS) is 21.9. The minimum Gasteiger partial charge on any atom is -0.362 e. The summed E-state index contributed by atoms with van der Waals surface area (Å²) in [6, 6.07) is -0.392. The van der Waals surface area contributed by atoms with Crippen LogP contribution in [0.15, 0.2) is 0 Å². The van der Waals surface area contributed by atoms with Gasteiger partial charge >= 0.3 is 4.08 Å². The number of sulfone groups is 2. The largest absolute Gasteiger partial charge is 0.362 e. The topological polar surface area (TPSA) is 151 Å². The molecular weight excluding hydrogens is 502 g/mol. The van der Waals surface area contributed by atoms with E-state index in [-0.39, 0.29) is 25.7 Å². The van der Waals surface area contributed by atoms with Crippen LogP contribution in [0.2, 0.25) is 0 Å². The molecule has 0 aromatic rings. The van der Waals surface area contributed by atoms with Crippen molar-refractivity contribution in [2.45, 2.75) is 131 Å². The number of rotatable bonds is 9. The van der Waals surface area contributed by atoms with Gasteiger partial charge < -0.3 is 10.8 Å². The first-order chi connectivity index (χ1) is 16.9. The van der Waals surface area contributed by atoms with Crippen molar-refractivity contribution in [3.05, 3.63) is 5.53 Å². The molecule has 3 fully saturated rings. The van der Waals surface area contributed by atoms with Crippen LogP contribution < -0.4 is 5.32 Å². The lowest BCUT2D eigenvalue weighted by molar-refractivity contribution is -0.133. The van der Waals surface area contributed by atoms with Crippen molar-refractivity contribution in [2.24, 2.45) is 5.41 Å². The summed E-state index contributed by atoms with van der Waals surface area (Å²) in [6.45, 7) is 2.59. The lowest BCUT2D eigenvalue weighted by atomic mass is 9.86. The van der Waals surface area contributed by atoms with Crippen LogP contribution in [0.1, 0.15) is 110 Å². The molecule has 0 saturated heterocycles. The van der Waals surface area contributed by atoms with E-state index in [1.165, 1.54) is 13.8 Å². The molecule has 204 valence electrons. The van der Waals surface area contributed by atoms with Crippen molar-refractivity contribution in [1.82, 2.24) is 5.32 Å². The molecule has 0 atom stereocenters. The second-order valence-electron chi connectivity index (χ2n) is 11.3. The Hall–Kier alpha value is -1.58. The molecule has 0 aromatic heterocycles. The van der Waals surface area contributed by atoms with Crippen LogP contribution in [0.25, 0.3) is 5.53 Å². The highest BCUT2D eigenvalue weighted by atomic mass is 32.3. The number of nitrogens with one attached hydrogen (secondary N) is 1. The fourth-order valence-corrected chi connectivity index (χ4v) is 12.8. The van der Waals surface area contributed by atoms with Gasteiger partial charge in [0.15, 0.2) is 25.5 Å². The van der Waals surface area contributed by atoms with Crippen LogP contribution in [0.3, 0.4) is 0 Å². The highest BCUT2D eigenvalue weighted by molar-refractivity contribution is 8.13. The molecule has 36 heavy (non-hydrogen) atoms. The third-order valence-electron chi connectivity index (χ3n) is 8.29. The monoisotopic (exact) mass is 543 g/mol. The SMILES string of the molecule is CC(C)(C=[N+]=[N-])C(=O)C(C(=O)NC1CCCCC1)(S(=O)(=O)C1CCCCC1)S(=O)(=O)C1CCCCC1. The first-order valence-electron chi connectivity index (χ1n) is 13.4. The Balaban J connectivity index is 2.29. The predicted molar refractivity (Wildman–Crippen MR) is 138 cm³/mol. The Morgan fingerprint density at radius 3 is 1.53 bits per heavy atom. The van der Waals surface area contributed by atoms with Crippen molar-refractivity contribution in [1.29, 1.82) is 0 Å². The lowest BCUT2D eigenvalue weighted by Crippen LogP contribution is -2.70. The third-order valence-corrected chi connectivity index (χ3v) is 14.7. The molecule has 0 radical (unpaired) electrons. The Morgan fingerprint density at radius 1 is 0.750 bits per heavy atom. The molecule has 3 aliphatic rings. The molecule has 0 spiro atoms. The summed E-state index contributed by atoms with van der Waals surface area (Å²) in [4.78, 5) is 31.5. The van der Waals surface area contributed by atoms with Crippen LogP contribution >= 0.6 is 0 Å². The van der Waals surface area contributed by atoms with Crippen LogP contribution in [0, 0.1) is 5.41 Å². The molecule has 3 aliphatic carbocycles. The summed E-state index contributed by atoms with van der Waals surface area (Å²) >= 11 is 0. The third kappa shape index (κ3) is 5.20. The van der Waals surface area contributed by atoms with E-state index >= 15 is 0 Å². The number of Topliss-reactive ketones (excluding diaryl/α,β-unsaturated/α-hetero) is 1. The number of amides is 1. The molecule has 0 aliphatic heterocycles. The fraction of sp³-hybridized carbons (Fsp3) is 0.880. The molecule has 1 N–H and O–H groups in total.